The van der Waals surface area contributed by atoms with Crippen LogP contribution in [-0.4, -0.2) is 10.2 Å². The van der Waals surface area contributed by atoms with Gasteiger partial charge >= 0.3 is 0 Å². The van der Waals surface area contributed by atoms with E-state index >= 15 is 0 Å². The molecule has 5 rings (SSSR count). The monoisotopic (exact) mass is 525 g/mol. The summed E-state index contributed by atoms with van der Waals surface area (Å²) in [6.07, 6.45) is 0. The van der Waals surface area contributed by atoms with Crippen molar-refractivity contribution in [3.63, 3.8) is 0 Å². The number of phenols is 2. The van der Waals surface area contributed by atoms with Crippen molar-refractivity contribution in [3.05, 3.63) is 155 Å². The first-order valence-corrected chi connectivity index (χ1v) is 13.5. The van der Waals surface area contributed by atoms with Crippen molar-refractivity contribution in [2.24, 2.45) is 0 Å². The van der Waals surface area contributed by atoms with Gasteiger partial charge in [0.2, 0.25) is 0 Å². The third kappa shape index (κ3) is 5.11. The molecular weight excluding hydrogens is 490 g/mol. The molecule has 5 aromatic carbocycles. The maximum absolute atomic E-state index is 9.94. The van der Waals surface area contributed by atoms with Crippen LogP contribution in [0.1, 0.15) is 40.3 Å². The van der Waals surface area contributed by atoms with E-state index in [-0.39, 0.29) is 11.5 Å². The van der Waals surface area contributed by atoms with Gasteiger partial charge in [-0.3, -0.25) is 0 Å². The minimum absolute atomic E-state index is 0.217. The second-order valence-electron chi connectivity index (χ2n) is 10.7. The summed E-state index contributed by atoms with van der Waals surface area (Å²) in [4.78, 5) is 2.28. The van der Waals surface area contributed by atoms with Crippen molar-refractivity contribution in [2.45, 2.75) is 33.1 Å². The second kappa shape index (κ2) is 10.8. The Morgan fingerprint density at radius 3 is 1.50 bits per heavy atom. The minimum atomic E-state index is -0.590. The van der Waals surface area contributed by atoms with Gasteiger partial charge in [0.1, 0.15) is 11.5 Å². The first-order valence-electron chi connectivity index (χ1n) is 13.5. The quantitative estimate of drug-likeness (QED) is 0.222. The van der Waals surface area contributed by atoms with Gasteiger partial charge < -0.3 is 15.1 Å². The molecule has 0 saturated heterocycles. The predicted octanol–water partition coefficient (Wildman–Crippen LogP) is 9.51. The molecule has 200 valence electrons. The number of aryl methyl sites for hydroxylation is 3. The van der Waals surface area contributed by atoms with Gasteiger partial charge in [0.15, 0.2) is 0 Å². The third-order valence-electron chi connectivity index (χ3n) is 8.01. The third-order valence-corrected chi connectivity index (χ3v) is 8.01. The summed E-state index contributed by atoms with van der Waals surface area (Å²) in [6, 6.07) is 38.2. The molecule has 0 unspecified atom stereocenters. The molecule has 0 aliphatic rings. The van der Waals surface area contributed by atoms with Crippen molar-refractivity contribution in [1.82, 2.24) is 0 Å². The van der Waals surface area contributed by atoms with Gasteiger partial charge in [-0.1, -0.05) is 66.7 Å². The van der Waals surface area contributed by atoms with Crippen LogP contribution in [0.3, 0.4) is 0 Å². The molecule has 0 aromatic heterocycles. The number of rotatable bonds is 7. The van der Waals surface area contributed by atoms with Crippen molar-refractivity contribution in [1.29, 1.82) is 0 Å². The number of nitrogens with zero attached hydrogens (tertiary/aromatic N) is 1. The molecule has 0 amide bonds. The molecule has 2 N–H and O–H groups in total. The average molecular weight is 526 g/mol. The van der Waals surface area contributed by atoms with Gasteiger partial charge in [0.25, 0.3) is 0 Å². The van der Waals surface area contributed by atoms with E-state index in [4.69, 9.17) is 0 Å². The largest absolute Gasteiger partial charge is 0.508 e. The van der Waals surface area contributed by atoms with Crippen LogP contribution in [0.15, 0.2) is 122 Å². The normalized spacial score (nSPS) is 11.3. The lowest BCUT2D eigenvalue weighted by atomic mass is 9.69. The molecule has 3 nitrogen and oxygen atoms in total. The first-order chi connectivity index (χ1) is 19.2. The molecule has 40 heavy (non-hydrogen) atoms. The summed E-state index contributed by atoms with van der Waals surface area (Å²) in [5.74, 6) is 0.434. The molecule has 0 radical (unpaired) electrons. The van der Waals surface area contributed by atoms with E-state index in [1.165, 1.54) is 16.7 Å². The highest BCUT2D eigenvalue weighted by Gasteiger charge is 2.33. The highest BCUT2D eigenvalue weighted by atomic mass is 16.3. The molecule has 0 saturated carbocycles. The number of phenolic OH excluding ortho intramolecular Hbond substituents is 2. The van der Waals surface area contributed by atoms with Crippen LogP contribution >= 0.6 is 0 Å². The van der Waals surface area contributed by atoms with Gasteiger partial charge in [0.05, 0.1) is 0 Å². The van der Waals surface area contributed by atoms with E-state index in [2.05, 4.69) is 106 Å². The summed E-state index contributed by atoms with van der Waals surface area (Å²) in [6.45, 7) is 13.1. The minimum Gasteiger partial charge on any atom is -0.508 e. The number of hydrogen-bond donors (Lipinski definition) is 2. The lowest BCUT2D eigenvalue weighted by Gasteiger charge is -2.34. The number of aromatic hydroxyl groups is 2. The Hall–Kier alpha value is -4.76. The maximum Gasteiger partial charge on any atom is 0.115 e. The molecule has 0 spiro atoms. The lowest BCUT2D eigenvalue weighted by molar-refractivity contribution is 0.474. The Bertz CT molecular complexity index is 1590. The van der Waals surface area contributed by atoms with Crippen molar-refractivity contribution in [3.8, 4) is 11.5 Å². The van der Waals surface area contributed by atoms with Gasteiger partial charge in [0, 0.05) is 22.5 Å². The standard InChI is InChI=1S/C37H35NO2/c1-25-6-15-32(16-7-25)38(34-17-8-26(2)27(3)24-34)33-18-9-29(10-19-33)28(4)37(5,30-11-20-35(39)21-12-30)31-13-22-36(40)23-14-31/h6-24,39-40H,4H2,1-3,5H3. The molecule has 0 fully saturated rings. The molecule has 5 aromatic rings. The highest BCUT2D eigenvalue weighted by Crippen LogP contribution is 2.44. The fourth-order valence-corrected chi connectivity index (χ4v) is 5.21. The van der Waals surface area contributed by atoms with Crippen molar-refractivity contribution in [2.75, 3.05) is 4.90 Å². The molecule has 0 aliphatic carbocycles. The maximum atomic E-state index is 9.94. The van der Waals surface area contributed by atoms with E-state index in [1.807, 2.05) is 24.3 Å². The lowest BCUT2D eigenvalue weighted by Crippen LogP contribution is -2.25. The van der Waals surface area contributed by atoms with E-state index in [1.54, 1.807) is 24.3 Å². The fourth-order valence-electron chi connectivity index (χ4n) is 5.21. The van der Waals surface area contributed by atoms with Crippen LogP contribution in [0.4, 0.5) is 17.1 Å². The second-order valence-corrected chi connectivity index (χ2v) is 10.7. The highest BCUT2D eigenvalue weighted by molar-refractivity contribution is 5.81. The molecular formula is C37H35NO2. The van der Waals surface area contributed by atoms with Gasteiger partial charge in [-0.05, 0) is 122 Å². The summed E-state index contributed by atoms with van der Waals surface area (Å²) in [5.41, 5.74) is 10.3. The molecule has 0 heterocycles. The smallest absolute Gasteiger partial charge is 0.115 e. The molecule has 3 heteroatoms. The van der Waals surface area contributed by atoms with Crippen LogP contribution < -0.4 is 4.90 Å². The zero-order chi connectivity index (χ0) is 28.4. The SMILES string of the molecule is C=C(c1ccc(N(c2ccc(C)cc2)c2ccc(C)c(C)c2)cc1)C(C)(c1ccc(O)cc1)c1ccc(O)cc1. The van der Waals surface area contributed by atoms with E-state index < -0.39 is 5.41 Å². The van der Waals surface area contributed by atoms with Gasteiger partial charge in [-0.15, -0.1) is 0 Å². The van der Waals surface area contributed by atoms with E-state index in [0.29, 0.717) is 0 Å². The summed E-state index contributed by atoms with van der Waals surface area (Å²) in [7, 11) is 0. The Kier molecular flexibility index (Phi) is 7.23. The van der Waals surface area contributed by atoms with Crippen LogP contribution in [0.2, 0.25) is 0 Å². The summed E-state index contributed by atoms with van der Waals surface area (Å²) in [5, 5.41) is 19.9. The number of benzene rings is 5. The Morgan fingerprint density at radius 2 is 1.02 bits per heavy atom. The van der Waals surface area contributed by atoms with Gasteiger partial charge in [-0.2, -0.15) is 0 Å². The zero-order valence-electron chi connectivity index (χ0n) is 23.5. The van der Waals surface area contributed by atoms with Crippen molar-refractivity contribution < 1.29 is 10.2 Å². The van der Waals surface area contributed by atoms with Crippen LogP contribution in [0.25, 0.3) is 5.57 Å². The van der Waals surface area contributed by atoms with Crippen molar-refractivity contribution >= 4 is 22.6 Å². The number of anilines is 3. The molecule has 0 bridgehead atoms. The summed E-state index contributed by atoms with van der Waals surface area (Å²) < 4.78 is 0. The Morgan fingerprint density at radius 1 is 0.575 bits per heavy atom. The fraction of sp³-hybridized carbons (Fsp3) is 0.135. The number of hydrogen-bond acceptors (Lipinski definition) is 3. The topological polar surface area (TPSA) is 43.7 Å². The first kappa shape index (κ1) is 26.8. The van der Waals surface area contributed by atoms with Crippen LogP contribution in [0.5, 0.6) is 11.5 Å². The Balaban J connectivity index is 1.58. The molecule has 0 aliphatic heterocycles. The number of allylic oxidation sites excluding steroid dienone is 1. The zero-order valence-corrected chi connectivity index (χ0v) is 23.5. The van der Waals surface area contributed by atoms with E-state index in [9.17, 15) is 10.2 Å². The van der Waals surface area contributed by atoms with Crippen LogP contribution in [-0.2, 0) is 5.41 Å². The predicted molar refractivity (Wildman–Crippen MR) is 167 cm³/mol. The Labute approximate surface area is 237 Å². The average Bonchev–Trinajstić information content (AvgIpc) is 2.96. The van der Waals surface area contributed by atoms with Gasteiger partial charge in [-0.25, -0.2) is 0 Å². The summed E-state index contributed by atoms with van der Waals surface area (Å²) >= 11 is 0. The molecule has 0 atom stereocenters. The van der Waals surface area contributed by atoms with E-state index in [0.717, 1.165) is 39.3 Å². The van der Waals surface area contributed by atoms with Crippen LogP contribution in [0, 0.1) is 20.8 Å².